The molecule has 2 N–H and O–H groups in total. The molecule has 0 saturated carbocycles. The normalized spacial score (nSPS) is 16.3. The summed E-state index contributed by atoms with van der Waals surface area (Å²) in [4.78, 5) is 42.3. The molecule has 0 spiro atoms. The van der Waals surface area contributed by atoms with Crippen molar-refractivity contribution >= 4 is 23.4 Å². The van der Waals surface area contributed by atoms with E-state index in [2.05, 4.69) is 4.90 Å². The van der Waals surface area contributed by atoms with Gasteiger partial charge in [0.05, 0.1) is 5.56 Å². The van der Waals surface area contributed by atoms with Gasteiger partial charge in [-0.25, -0.2) is 0 Å². The summed E-state index contributed by atoms with van der Waals surface area (Å²) in [6.07, 6.45) is 0. The first-order chi connectivity index (χ1) is 13.5. The van der Waals surface area contributed by atoms with Crippen LogP contribution >= 0.6 is 0 Å². The van der Waals surface area contributed by atoms with Gasteiger partial charge in [0, 0.05) is 44.0 Å². The number of para-hydroxylation sites is 1. The fraction of sp³-hybridized carbons (Fsp3) is 0.286. The van der Waals surface area contributed by atoms with Gasteiger partial charge in [0.2, 0.25) is 5.91 Å². The Labute approximate surface area is 163 Å². The molecule has 28 heavy (non-hydrogen) atoms. The molecule has 0 aliphatic carbocycles. The Morgan fingerprint density at radius 3 is 2.32 bits per heavy atom. The summed E-state index contributed by atoms with van der Waals surface area (Å²) in [5.41, 5.74) is 8.41. The Balaban J connectivity index is 1.37. The van der Waals surface area contributed by atoms with Gasteiger partial charge in [0.1, 0.15) is 6.54 Å². The maximum atomic E-state index is 12.7. The predicted octanol–water partition coefficient (Wildman–Crippen LogP) is 1.09. The Hall–Kier alpha value is -3.35. The summed E-state index contributed by atoms with van der Waals surface area (Å²) in [7, 11) is 0. The van der Waals surface area contributed by atoms with Crippen LogP contribution in [-0.2, 0) is 11.3 Å². The molecule has 0 radical (unpaired) electrons. The van der Waals surface area contributed by atoms with Gasteiger partial charge in [-0.05, 0) is 23.8 Å². The van der Waals surface area contributed by atoms with Crippen LogP contribution < -0.4 is 10.6 Å². The van der Waals surface area contributed by atoms with Crippen molar-refractivity contribution in [2.75, 3.05) is 37.6 Å². The minimum Gasteiger partial charge on any atom is -0.367 e. The first-order valence-electron chi connectivity index (χ1n) is 9.33. The summed E-state index contributed by atoms with van der Waals surface area (Å²) >= 11 is 0. The van der Waals surface area contributed by atoms with E-state index >= 15 is 0 Å². The molecule has 0 atom stereocenters. The highest BCUT2D eigenvalue weighted by Crippen LogP contribution is 2.23. The molecule has 2 aromatic rings. The summed E-state index contributed by atoms with van der Waals surface area (Å²) in [5, 5.41) is 0. The van der Waals surface area contributed by atoms with Crippen molar-refractivity contribution in [3.05, 3.63) is 65.2 Å². The first-order valence-corrected chi connectivity index (χ1v) is 9.33. The van der Waals surface area contributed by atoms with Crippen molar-refractivity contribution in [1.82, 2.24) is 9.80 Å². The van der Waals surface area contributed by atoms with E-state index < -0.39 is 5.91 Å². The van der Waals surface area contributed by atoms with E-state index in [0.29, 0.717) is 43.9 Å². The van der Waals surface area contributed by atoms with E-state index in [1.54, 1.807) is 28.0 Å². The summed E-state index contributed by atoms with van der Waals surface area (Å²) < 4.78 is 0. The molecule has 3 amide bonds. The van der Waals surface area contributed by atoms with Crippen LogP contribution in [0.4, 0.5) is 5.69 Å². The highest BCUT2D eigenvalue weighted by atomic mass is 16.2. The van der Waals surface area contributed by atoms with Crippen molar-refractivity contribution in [1.29, 1.82) is 0 Å². The number of nitrogens with zero attached hydrogens (tertiary/aromatic N) is 3. The zero-order chi connectivity index (χ0) is 19.7. The van der Waals surface area contributed by atoms with Crippen LogP contribution in [0, 0.1) is 0 Å². The number of hydrogen-bond acceptors (Lipinski definition) is 4. The third-order valence-electron chi connectivity index (χ3n) is 5.36. The molecule has 4 rings (SSSR count). The van der Waals surface area contributed by atoms with Crippen molar-refractivity contribution in [2.45, 2.75) is 6.54 Å². The number of anilines is 1. The lowest BCUT2D eigenvalue weighted by molar-refractivity contribution is -0.132. The monoisotopic (exact) mass is 378 g/mol. The first kappa shape index (κ1) is 18.0. The third-order valence-corrected chi connectivity index (χ3v) is 5.36. The van der Waals surface area contributed by atoms with Gasteiger partial charge in [0.25, 0.3) is 11.8 Å². The van der Waals surface area contributed by atoms with E-state index in [4.69, 9.17) is 5.73 Å². The highest BCUT2D eigenvalue weighted by molar-refractivity contribution is 6.00. The number of piperazine rings is 1. The van der Waals surface area contributed by atoms with Crippen LogP contribution in [0.2, 0.25) is 0 Å². The van der Waals surface area contributed by atoms with Crippen molar-refractivity contribution in [3.8, 4) is 0 Å². The average Bonchev–Trinajstić information content (AvgIpc) is 3.03. The second-order valence-electron chi connectivity index (χ2n) is 7.07. The number of rotatable bonds is 4. The molecular weight excluding hydrogens is 356 g/mol. The molecule has 0 aromatic heterocycles. The zero-order valence-electron chi connectivity index (χ0n) is 15.5. The molecule has 1 fully saturated rings. The number of amides is 3. The van der Waals surface area contributed by atoms with E-state index in [1.165, 1.54) is 0 Å². The fourth-order valence-electron chi connectivity index (χ4n) is 3.86. The minimum atomic E-state index is -0.457. The van der Waals surface area contributed by atoms with Gasteiger partial charge in [-0.2, -0.15) is 0 Å². The smallest absolute Gasteiger partial charge is 0.254 e. The number of nitrogens with two attached hydrogens (primary N) is 1. The lowest BCUT2D eigenvalue weighted by Crippen LogP contribution is -2.51. The van der Waals surface area contributed by atoms with Crippen LogP contribution in [-0.4, -0.2) is 60.2 Å². The average molecular weight is 378 g/mol. The molecule has 0 bridgehead atoms. The number of fused-ring (bicyclic) bond motifs is 1. The largest absolute Gasteiger partial charge is 0.367 e. The van der Waals surface area contributed by atoms with Gasteiger partial charge in [-0.3, -0.25) is 14.4 Å². The Morgan fingerprint density at radius 2 is 1.61 bits per heavy atom. The zero-order valence-corrected chi connectivity index (χ0v) is 15.5. The summed E-state index contributed by atoms with van der Waals surface area (Å²) in [5.74, 6) is -0.594. The Kier molecular flexibility index (Phi) is 4.73. The molecule has 2 aliphatic rings. The van der Waals surface area contributed by atoms with E-state index in [-0.39, 0.29) is 18.4 Å². The SMILES string of the molecule is NC(=O)c1ccccc1N1CCN(C(=O)CN2Cc3ccccc3C2=O)CC1. The molecule has 2 heterocycles. The Bertz CT molecular complexity index is 935. The van der Waals surface area contributed by atoms with Crippen molar-refractivity contribution < 1.29 is 14.4 Å². The number of carbonyl (C=O) groups is 3. The quantitative estimate of drug-likeness (QED) is 0.863. The predicted molar refractivity (Wildman–Crippen MR) is 105 cm³/mol. The van der Waals surface area contributed by atoms with Crippen LogP contribution in [0.15, 0.2) is 48.5 Å². The number of primary amides is 1. The van der Waals surface area contributed by atoms with E-state index in [1.807, 2.05) is 30.3 Å². The van der Waals surface area contributed by atoms with Gasteiger partial charge < -0.3 is 20.4 Å². The summed E-state index contributed by atoms with van der Waals surface area (Å²) in [6.45, 7) is 2.88. The van der Waals surface area contributed by atoms with Crippen LogP contribution in [0.25, 0.3) is 0 Å². The number of benzene rings is 2. The van der Waals surface area contributed by atoms with Crippen molar-refractivity contribution in [3.63, 3.8) is 0 Å². The van der Waals surface area contributed by atoms with Gasteiger partial charge in [0.15, 0.2) is 0 Å². The van der Waals surface area contributed by atoms with E-state index in [9.17, 15) is 14.4 Å². The standard InChI is InChI=1S/C21H22N4O3/c22-20(27)17-7-3-4-8-18(17)23-9-11-24(12-10-23)19(26)14-25-13-15-5-1-2-6-16(15)21(25)28/h1-8H,9-14H2,(H2,22,27). The minimum absolute atomic E-state index is 0.0519. The lowest BCUT2D eigenvalue weighted by atomic mass is 10.1. The van der Waals surface area contributed by atoms with Crippen LogP contribution in [0.5, 0.6) is 0 Å². The molecule has 2 aromatic carbocycles. The lowest BCUT2D eigenvalue weighted by Gasteiger charge is -2.37. The fourth-order valence-corrected chi connectivity index (χ4v) is 3.86. The third kappa shape index (κ3) is 3.31. The molecule has 1 saturated heterocycles. The molecule has 144 valence electrons. The number of hydrogen-bond donors (Lipinski definition) is 1. The van der Waals surface area contributed by atoms with E-state index in [0.717, 1.165) is 11.3 Å². The second-order valence-corrected chi connectivity index (χ2v) is 7.07. The highest BCUT2D eigenvalue weighted by Gasteiger charge is 2.31. The molecule has 7 nitrogen and oxygen atoms in total. The topological polar surface area (TPSA) is 87.0 Å². The van der Waals surface area contributed by atoms with Crippen LogP contribution in [0.3, 0.4) is 0 Å². The summed E-state index contributed by atoms with van der Waals surface area (Å²) in [6, 6.07) is 14.7. The van der Waals surface area contributed by atoms with Gasteiger partial charge >= 0.3 is 0 Å². The second kappa shape index (κ2) is 7.34. The molecular formula is C21H22N4O3. The van der Waals surface area contributed by atoms with Crippen LogP contribution in [0.1, 0.15) is 26.3 Å². The Morgan fingerprint density at radius 1 is 0.929 bits per heavy atom. The molecule has 2 aliphatic heterocycles. The number of carbonyl (C=O) groups excluding carboxylic acids is 3. The van der Waals surface area contributed by atoms with Crippen molar-refractivity contribution in [2.24, 2.45) is 5.73 Å². The maximum Gasteiger partial charge on any atom is 0.254 e. The molecule has 7 heteroatoms. The van der Waals surface area contributed by atoms with Gasteiger partial charge in [-0.1, -0.05) is 30.3 Å². The van der Waals surface area contributed by atoms with Gasteiger partial charge in [-0.15, -0.1) is 0 Å². The molecule has 0 unspecified atom stereocenters. The maximum absolute atomic E-state index is 12.7.